The van der Waals surface area contributed by atoms with E-state index in [1.807, 2.05) is 11.8 Å². The summed E-state index contributed by atoms with van der Waals surface area (Å²) in [4.78, 5) is 39.8. The van der Waals surface area contributed by atoms with Gasteiger partial charge in [0, 0.05) is 30.4 Å². The van der Waals surface area contributed by atoms with E-state index in [4.69, 9.17) is 4.42 Å². The zero-order chi connectivity index (χ0) is 24.8. The van der Waals surface area contributed by atoms with Crippen molar-refractivity contribution in [2.45, 2.75) is 25.8 Å². The van der Waals surface area contributed by atoms with Crippen LogP contribution in [0.2, 0.25) is 0 Å². The molecule has 0 radical (unpaired) electrons. The fraction of sp³-hybridized carbons (Fsp3) is 0.269. The van der Waals surface area contributed by atoms with Gasteiger partial charge in [-0.3, -0.25) is 19.3 Å². The van der Waals surface area contributed by atoms with Crippen LogP contribution in [-0.2, 0) is 4.79 Å². The minimum absolute atomic E-state index is 0.0159. The highest BCUT2D eigenvalue weighted by Gasteiger charge is 2.24. The third-order valence-corrected chi connectivity index (χ3v) is 5.91. The number of benzene rings is 2. The van der Waals surface area contributed by atoms with Gasteiger partial charge in [-0.05, 0) is 62.2 Å². The van der Waals surface area contributed by atoms with Crippen molar-refractivity contribution in [2.24, 2.45) is 0 Å². The average Bonchev–Trinajstić information content (AvgIpc) is 3.28. The van der Waals surface area contributed by atoms with Gasteiger partial charge in [0.2, 0.25) is 5.91 Å². The summed E-state index contributed by atoms with van der Waals surface area (Å²) in [5, 5.41) is 8.52. The van der Waals surface area contributed by atoms with Gasteiger partial charge >= 0.3 is 0 Å². The molecule has 1 fully saturated rings. The van der Waals surface area contributed by atoms with E-state index in [9.17, 15) is 18.8 Å². The molecule has 8 nitrogen and oxygen atoms in total. The smallest absolute Gasteiger partial charge is 0.287 e. The predicted octanol–water partition coefficient (Wildman–Crippen LogP) is 3.81. The Kier molecular flexibility index (Phi) is 7.57. The van der Waals surface area contributed by atoms with Gasteiger partial charge in [-0.15, -0.1) is 0 Å². The number of furan rings is 1. The molecule has 4 rings (SSSR count). The summed E-state index contributed by atoms with van der Waals surface area (Å²) in [6, 6.07) is 13.9. The van der Waals surface area contributed by atoms with Gasteiger partial charge in [-0.25, -0.2) is 4.39 Å². The summed E-state index contributed by atoms with van der Waals surface area (Å²) in [5.74, 6) is -0.931. The number of anilines is 2. The normalized spacial score (nSPS) is 14.3. The van der Waals surface area contributed by atoms with Crippen LogP contribution in [-0.4, -0.2) is 48.3 Å². The van der Waals surface area contributed by atoms with Gasteiger partial charge in [0.05, 0.1) is 24.1 Å². The zero-order valence-corrected chi connectivity index (χ0v) is 19.3. The second-order valence-corrected chi connectivity index (χ2v) is 8.51. The predicted molar refractivity (Wildman–Crippen MR) is 130 cm³/mol. The molecule has 0 spiro atoms. The van der Waals surface area contributed by atoms with Crippen LogP contribution in [0.4, 0.5) is 15.8 Å². The number of piperidine rings is 1. The van der Waals surface area contributed by atoms with Gasteiger partial charge in [-0.1, -0.05) is 12.1 Å². The number of nitrogens with zero attached hydrogens (tertiary/aromatic N) is 1. The van der Waals surface area contributed by atoms with Crippen LogP contribution in [0.5, 0.6) is 0 Å². The second kappa shape index (κ2) is 11.0. The number of carbonyl (C=O) groups excluding carboxylic acids is 3. The number of hydrogen-bond donors (Lipinski definition) is 3. The number of likely N-dealkylation sites (tertiary alicyclic amines) is 1. The highest BCUT2D eigenvalue weighted by Crippen LogP contribution is 2.19. The lowest BCUT2D eigenvalue weighted by molar-refractivity contribution is -0.117. The van der Waals surface area contributed by atoms with Crippen LogP contribution in [0.25, 0.3) is 0 Å². The minimum Gasteiger partial charge on any atom is -0.459 e. The molecule has 0 saturated carbocycles. The number of aryl methyl sites for hydroxylation is 1. The average molecular weight is 479 g/mol. The SMILES string of the molecule is Cc1ccoc1C(=O)NC1CCN(CC(=O)Nc2ccccc2C(=O)Nc2ccc(F)cc2)CC1. The summed E-state index contributed by atoms with van der Waals surface area (Å²) in [6.45, 7) is 3.31. The molecule has 3 N–H and O–H groups in total. The molecule has 0 bridgehead atoms. The highest BCUT2D eigenvalue weighted by atomic mass is 19.1. The van der Waals surface area contributed by atoms with E-state index in [1.165, 1.54) is 30.5 Å². The van der Waals surface area contributed by atoms with E-state index in [0.717, 1.165) is 18.4 Å². The van der Waals surface area contributed by atoms with Gasteiger partial charge < -0.3 is 20.4 Å². The number of halogens is 1. The maximum atomic E-state index is 13.1. The van der Waals surface area contributed by atoms with Gasteiger partial charge in [0.25, 0.3) is 11.8 Å². The Morgan fingerprint density at radius 1 is 0.971 bits per heavy atom. The summed E-state index contributed by atoms with van der Waals surface area (Å²) in [5.41, 5.74) is 1.95. The van der Waals surface area contributed by atoms with Crippen molar-refractivity contribution in [3.63, 3.8) is 0 Å². The zero-order valence-electron chi connectivity index (χ0n) is 19.3. The van der Waals surface area contributed by atoms with E-state index in [1.54, 1.807) is 30.3 Å². The molecule has 0 atom stereocenters. The molecule has 9 heteroatoms. The lowest BCUT2D eigenvalue weighted by Gasteiger charge is -2.31. The van der Waals surface area contributed by atoms with Crippen molar-refractivity contribution in [2.75, 3.05) is 30.3 Å². The molecule has 0 unspecified atom stereocenters. The van der Waals surface area contributed by atoms with Crippen molar-refractivity contribution in [1.82, 2.24) is 10.2 Å². The monoisotopic (exact) mass is 478 g/mol. The Morgan fingerprint density at radius 2 is 1.69 bits per heavy atom. The van der Waals surface area contributed by atoms with Crippen LogP contribution in [0.1, 0.15) is 39.3 Å². The van der Waals surface area contributed by atoms with E-state index < -0.39 is 11.7 Å². The van der Waals surface area contributed by atoms with Crippen molar-refractivity contribution in [3.05, 3.63) is 83.6 Å². The first-order chi connectivity index (χ1) is 16.9. The largest absolute Gasteiger partial charge is 0.459 e. The second-order valence-electron chi connectivity index (χ2n) is 8.51. The first-order valence-corrected chi connectivity index (χ1v) is 11.4. The topological polar surface area (TPSA) is 104 Å². The fourth-order valence-corrected chi connectivity index (χ4v) is 4.01. The number of amides is 3. The molecule has 2 heterocycles. The summed E-state index contributed by atoms with van der Waals surface area (Å²) < 4.78 is 18.4. The molecule has 182 valence electrons. The van der Waals surface area contributed by atoms with Gasteiger partial charge in [0.1, 0.15) is 5.82 Å². The quantitative estimate of drug-likeness (QED) is 0.479. The molecule has 2 aromatic carbocycles. The van der Waals surface area contributed by atoms with E-state index in [-0.39, 0.29) is 24.4 Å². The van der Waals surface area contributed by atoms with Gasteiger partial charge in [0.15, 0.2) is 5.76 Å². The number of nitrogens with one attached hydrogen (secondary N) is 3. The van der Waals surface area contributed by atoms with Crippen molar-refractivity contribution < 1.29 is 23.2 Å². The molecule has 1 aliphatic rings. The summed E-state index contributed by atoms with van der Waals surface area (Å²) in [6.07, 6.45) is 2.93. The van der Waals surface area contributed by atoms with E-state index >= 15 is 0 Å². The third-order valence-electron chi connectivity index (χ3n) is 5.91. The van der Waals surface area contributed by atoms with Crippen LogP contribution in [0, 0.1) is 12.7 Å². The van der Waals surface area contributed by atoms with E-state index in [2.05, 4.69) is 16.0 Å². The molecule has 0 aliphatic carbocycles. The van der Waals surface area contributed by atoms with Crippen molar-refractivity contribution >= 4 is 29.1 Å². The summed E-state index contributed by atoms with van der Waals surface area (Å²) >= 11 is 0. The standard InChI is InChI=1S/C26H27FN4O4/c1-17-12-15-35-24(17)26(34)29-20-10-13-31(14-11-20)16-23(32)30-22-5-3-2-4-21(22)25(33)28-19-8-6-18(27)7-9-19/h2-9,12,15,20H,10-11,13-14,16H2,1H3,(H,28,33)(H,29,34)(H,30,32). The maximum absolute atomic E-state index is 13.1. The Hall–Kier alpha value is -3.98. The minimum atomic E-state index is -0.407. The fourth-order valence-electron chi connectivity index (χ4n) is 4.01. The highest BCUT2D eigenvalue weighted by molar-refractivity contribution is 6.10. The lowest BCUT2D eigenvalue weighted by Crippen LogP contribution is -2.46. The first kappa shape index (κ1) is 24.2. The molecule has 1 saturated heterocycles. The lowest BCUT2D eigenvalue weighted by atomic mass is 10.0. The van der Waals surface area contributed by atoms with Crippen LogP contribution >= 0.6 is 0 Å². The van der Waals surface area contributed by atoms with Crippen LogP contribution < -0.4 is 16.0 Å². The molecule has 35 heavy (non-hydrogen) atoms. The Labute approximate surface area is 202 Å². The van der Waals surface area contributed by atoms with Crippen LogP contribution in [0.15, 0.2) is 65.3 Å². The van der Waals surface area contributed by atoms with Crippen molar-refractivity contribution in [3.8, 4) is 0 Å². The van der Waals surface area contributed by atoms with Crippen LogP contribution in [0.3, 0.4) is 0 Å². The van der Waals surface area contributed by atoms with E-state index in [0.29, 0.717) is 35.8 Å². The Bertz CT molecular complexity index is 1200. The molecule has 3 aromatic rings. The van der Waals surface area contributed by atoms with Gasteiger partial charge in [-0.2, -0.15) is 0 Å². The summed E-state index contributed by atoms with van der Waals surface area (Å²) in [7, 11) is 0. The first-order valence-electron chi connectivity index (χ1n) is 11.4. The molecule has 1 aliphatic heterocycles. The Balaban J connectivity index is 1.28. The molecule has 3 amide bonds. The maximum Gasteiger partial charge on any atom is 0.287 e. The number of hydrogen-bond acceptors (Lipinski definition) is 5. The van der Waals surface area contributed by atoms with Crippen molar-refractivity contribution in [1.29, 1.82) is 0 Å². The molecular formula is C26H27FN4O4. The number of para-hydroxylation sites is 1. The molecular weight excluding hydrogens is 451 g/mol. The third kappa shape index (κ3) is 6.33. The Morgan fingerprint density at radius 3 is 2.37 bits per heavy atom. The molecule has 1 aromatic heterocycles. The number of rotatable bonds is 7. The number of carbonyl (C=O) groups is 3.